The van der Waals surface area contributed by atoms with Gasteiger partial charge in [-0.1, -0.05) is 6.92 Å². The maximum atomic E-state index is 6.06. The minimum atomic E-state index is -0.0970. The topological polar surface area (TPSA) is 61.0 Å². The van der Waals surface area contributed by atoms with Crippen LogP contribution in [0.3, 0.4) is 0 Å². The fourth-order valence-electron chi connectivity index (χ4n) is 2.42. The summed E-state index contributed by atoms with van der Waals surface area (Å²) in [6.07, 6.45) is 2.05. The molecule has 20 heavy (non-hydrogen) atoms. The van der Waals surface area contributed by atoms with Crippen molar-refractivity contribution in [3.05, 3.63) is 10.4 Å². The van der Waals surface area contributed by atoms with E-state index in [-0.39, 0.29) is 5.60 Å². The van der Waals surface area contributed by atoms with Crippen molar-refractivity contribution >= 4 is 39.0 Å². The summed E-state index contributed by atoms with van der Waals surface area (Å²) >= 11 is 3.57. The Hall–Kier alpha value is -0.850. The van der Waals surface area contributed by atoms with Crippen molar-refractivity contribution in [3.8, 4) is 0 Å². The lowest BCUT2D eigenvalue weighted by molar-refractivity contribution is -0.0382. The molecule has 2 N–H and O–H groups in total. The van der Waals surface area contributed by atoms with Crippen LogP contribution >= 0.6 is 23.1 Å². The molecule has 4 nitrogen and oxygen atoms in total. The Bertz CT molecular complexity index is 651. The van der Waals surface area contributed by atoms with Crippen LogP contribution in [0.15, 0.2) is 5.03 Å². The minimum Gasteiger partial charge on any atom is -0.382 e. The van der Waals surface area contributed by atoms with Crippen molar-refractivity contribution in [2.45, 2.75) is 50.8 Å². The van der Waals surface area contributed by atoms with Crippen molar-refractivity contribution in [1.29, 1.82) is 0 Å². The van der Waals surface area contributed by atoms with Gasteiger partial charge in [0.2, 0.25) is 0 Å². The van der Waals surface area contributed by atoms with Gasteiger partial charge in [0.15, 0.2) is 5.82 Å². The number of anilines is 1. The van der Waals surface area contributed by atoms with E-state index in [0.29, 0.717) is 12.4 Å². The van der Waals surface area contributed by atoms with Crippen LogP contribution in [0.25, 0.3) is 10.1 Å². The van der Waals surface area contributed by atoms with Crippen molar-refractivity contribution in [2.75, 3.05) is 11.5 Å². The molecule has 0 bridgehead atoms. The summed E-state index contributed by atoms with van der Waals surface area (Å²) in [6, 6.07) is 0. The van der Waals surface area contributed by atoms with Crippen LogP contribution in [0.1, 0.15) is 37.6 Å². The van der Waals surface area contributed by atoms with Crippen molar-refractivity contribution in [3.63, 3.8) is 0 Å². The number of hydrogen-bond acceptors (Lipinski definition) is 6. The lowest BCUT2D eigenvalue weighted by atomic mass is 9.97. The number of rotatable bonds is 3. The molecule has 0 radical (unpaired) electrons. The van der Waals surface area contributed by atoms with Gasteiger partial charge in [-0.25, -0.2) is 0 Å². The molecule has 1 aliphatic rings. The van der Waals surface area contributed by atoms with Crippen LogP contribution in [0, 0.1) is 0 Å². The fraction of sp³-hybridized carbons (Fsp3) is 0.571. The molecule has 3 rings (SSSR count). The second-order valence-corrected chi connectivity index (χ2v) is 7.86. The van der Waals surface area contributed by atoms with E-state index in [4.69, 9.17) is 10.5 Å². The summed E-state index contributed by atoms with van der Waals surface area (Å²) in [7, 11) is 0. The number of nitrogens with zero attached hydrogens (tertiary/aromatic N) is 2. The monoisotopic (exact) mass is 309 g/mol. The molecule has 0 aliphatic carbocycles. The van der Waals surface area contributed by atoms with E-state index >= 15 is 0 Å². The standard InChI is InChI=1S/C14H19N3OS2/c1-4-5-19-13-11-10(12(15)16-17-13)8-7-18-14(2,3)6-9(8)20-11/h4-7H2,1-3H3,(H2,15,16). The second kappa shape index (κ2) is 5.16. The Morgan fingerprint density at radius 3 is 2.95 bits per heavy atom. The van der Waals surface area contributed by atoms with E-state index < -0.39 is 0 Å². The molecular weight excluding hydrogens is 290 g/mol. The summed E-state index contributed by atoms with van der Waals surface area (Å²) in [5.74, 6) is 1.58. The molecule has 0 atom stereocenters. The van der Waals surface area contributed by atoms with Gasteiger partial charge in [0.05, 0.1) is 16.9 Å². The number of nitrogens with two attached hydrogens (primary N) is 1. The maximum Gasteiger partial charge on any atom is 0.155 e. The zero-order valence-corrected chi connectivity index (χ0v) is 13.7. The predicted molar refractivity (Wildman–Crippen MR) is 85.4 cm³/mol. The van der Waals surface area contributed by atoms with Crippen LogP contribution in [0.5, 0.6) is 0 Å². The first kappa shape index (κ1) is 14.1. The molecular formula is C14H19N3OS2. The van der Waals surface area contributed by atoms with E-state index in [1.54, 1.807) is 11.8 Å². The van der Waals surface area contributed by atoms with E-state index in [9.17, 15) is 0 Å². The van der Waals surface area contributed by atoms with Gasteiger partial charge in [-0.05, 0) is 26.0 Å². The Morgan fingerprint density at radius 1 is 1.40 bits per heavy atom. The third-order valence-corrected chi connectivity index (χ3v) is 5.97. The lowest BCUT2D eigenvalue weighted by Gasteiger charge is -2.29. The van der Waals surface area contributed by atoms with Crippen LogP contribution in [0.2, 0.25) is 0 Å². The number of aromatic nitrogens is 2. The highest BCUT2D eigenvalue weighted by molar-refractivity contribution is 7.99. The summed E-state index contributed by atoms with van der Waals surface area (Å²) in [4.78, 5) is 1.37. The first-order valence-electron chi connectivity index (χ1n) is 6.85. The van der Waals surface area contributed by atoms with Crippen LogP contribution in [0.4, 0.5) is 5.82 Å². The number of thiophene rings is 1. The summed E-state index contributed by atoms with van der Waals surface area (Å²) in [5.41, 5.74) is 7.18. The third-order valence-electron chi connectivity index (χ3n) is 3.43. The average Bonchev–Trinajstić information content (AvgIpc) is 2.75. The number of thioether (sulfide) groups is 1. The minimum absolute atomic E-state index is 0.0970. The van der Waals surface area contributed by atoms with E-state index in [2.05, 4.69) is 31.0 Å². The zero-order chi connectivity index (χ0) is 14.3. The van der Waals surface area contributed by atoms with Gasteiger partial charge in [-0.15, -0.1) is 33.3 Å². The molecule has 3 heterocycles. The maximum absolute atomic E-state index is 6.06. The van der Waals surface area contributed by atoms with Crippen LogP contribution in [-0.4, -0.2) is 21.6 Å². The SMILES string of the molecule is CCCSc1nnc(N)c2c3c(sc12)CC(C)(C)OC3. The molecule has 0 saturated heterocycles. The normalized spacial score (nSPS) is 17.4. The average molecular weight is 309 g/mol. The molecule has 1 aliphatic heterocycles. The highest BCUT2D eigenvalue weighted by atomic mass is 32.2. The Kier molecular flexibility index (Phi) is 3.64. The molecule has 0 saturated carbocycles. The number of fused-ring (bicyclic) bond motifs is 3. The zero-order valence-electron chi connectivity index (χ0n) is 12.0. The predicted octanol–water partition coefficient (Wildman–Crippen LogP) is 3.63. The molecule has 2 aromatic rings. The van der Waals surface area contributed by atoms with Crippen molar-refractivity contribution < 1.29 is 4.74 Å². The molecule has 0 spiro atoms. The summed E-state index contributed by atoms with van der Waals surface area (Å²) < 4.78 is 7.11. The second-order valence-electron chi connectivity index (χ2n) is 5.67. The largest absolute Gasteiger partial charge is 0.382 e. The van der Waals surface area contributed by atoms with E-state index in [1.165, 1.54) is 15.1 Å². The number of ether oxygens (including phenoxy) is 1. The molecule has 0 aromatic carbocycles. The van der Waals surface area contributed by atoms with Gasteiger partial charge < -0.3 is 10.5 Å². The highest BCUT2D eigenvalue weighted by Crippen LogP contribution is 2.43. The van der Waals surface area contributed by atoms with Crippen molar-refractivity contribution in [1.82, 2.24) is 10.2 Å². The van der Waals surface area contributed by atoms with Gasteiger partial charge in [-0.3, -0.25) is 0 Å². The Labute approximate surface area is 127 Å². The molecule has 108 valence electrons. The van der Waals surface area contributed by atoms with Crippen LogP contribution in [-0.2, 0) is 17.8 Å². The summed E-state index contributed by atoms with van der Waals surface area (Å²) in [5, 5.41) is 10.5. The van der Waals surface area contributed by atoms with E-state index in [1.807, 2.05) is 11.3 Å². The smallest absolute Gasteiger partial charge is 0.155 e. The van der Waals surface area contributed by atoms with Gasteiger partial charge >= 0.3 is 0 Å². The molecule has 0 amide bonds. The molecule has 6 heteroatoms. The van der Waals surface area contributed by atoms with Crippen LogP contribution < -0.4 is 5.73 Å². The fourth-order valence-corrected chi connectivity index (χ4v) is 4.86. The Balaban J connectivity index is 2.13. The van der Waals surface area contributed by atoms with Gasteiger partial charge in [0.25, 0.3) is 0 Å². The lowest BCUT2D eigenvalue weighted by Crippen LogP contribution is -2.30. The first-order chi connectivity index (χ1) is 9.52. The third kappa shape index (κ3) is 2.40. The molecule has 0 unspecified atom stereocenters. The molecule has 2 aromatic heterocycles. The number of nitrogen functional groups attached to an aromatic ring is 1. The van der Waals surface area contributed by atoms with Crippen molar-refractivity contribution in [2.24, 2.45) is 0 Å². The first-order valence-corrected chi connectivity index (χ1v) is 8.65. The van der Waals surface area contributed by atoms with Gasteiger partial charge in [0, 0.05) is 22.2 Å². The molecule has 0 fully saturated rings. The Morgan fingerprint density at radius 2 is 2.20 bits per heavy atom. The van der Waals surface area contributed by atoms with E-state index in [0.717, 1.165) is 29.0 Å². The number of hydrogen-bond donors (Lipinski definition) is 1. The van der Waals surface area contributed by atoms with Gasteiger partial charge in [0.1, 0.15) is 5.03 Å². The summed E-state index contributed by atoms with van der Waals surface area (Å²) in [6.45, 7) is 7.06. The quantitative estimate of drug-likeness (QED) is 0.877. The van der Waals surface area contributed by atoms with Gasteiger partial charge in [-0.2, -0.15) is 0 Å². The highest BCUT2D eigenvalue weighted by Gasteiger charge is 2.30.